The fourth-order valence-electron chi connectivity index (χ4n) is 3.13. The number of amides is 2. The number of aryl methyl sites for hydroxylation is 1. The minimum absolute atomic E-state index is 0.0657. The lowest BCUT2D eigenvalue weighted by atomic mass is 10.0. The Balaban J connectivity index is 2.27. The SMILES string of the molecule is CCCNC(=O)[C@@H](CC)N(Cc1ccccc1C)C(=O)Cc1ccc(Cl)cc1. The monoisotopic (exact) mass is 400 g/mol. The third-order valence-corrected chi connectivity index (χ3v) is 5.06. The van der Waals surface area contributed by atoms with Gasteiger partial charge in [0.15, 0.2) is 0 Å². The van der Waals surface area contributed by atoms with Crippen LogP contribution in [0.15, 0.2) is 48.5 Å². The van der Waals surface area contributed by atoms with Crippen LogP contribution in [0.25, 0.3) is 0 Å². The van der Waals surface area contributed by atoms with Gasteiger partial charge in [0.05, 0.1) is 6.42 Å². The summed E-state index contributed by atoms with van der Waals surface area (Å²) in [5.41, 5.74) is 3.04. The average Bonchev–Trinajstić information content (AvgIpc) is 2.69. The zero-order valence-corrected chi connectivity index (χ0v) is 17.6. The van der Waals surface area contributed by atoms with E-state index in [1.165, 1.54) is 0 Å². The summed E-state index contributed by atoms with van der Waals surface area (Å²) in [6, 6.07) is 14.7. The van der Waals surface area contributed by atoms with Crippen LogP contribution in [0, 0.1) is 6.92 Å². The van der Waals surface area contributed by atoms with Crippen LogP contribution in [0.3, 0.4) is 0 Å². The third kappa shape index (κ3) is 6.10. The first-order valence-electron chi connectivity index (χ1n) is 9.82. The van der Waals surface area contributed by atoms with Crippen molar-refractivity contribution in [3.05, 3.63) is 70.2 Å². The molecule has 0 saturated heterocycles. The van der Waals surface area contributed by atoms with Gasteiger partial charge < -0.3 is 10.2 Å². The van der Waals surface area contributed by atoms with Crippen molar-refractivity contribution in [1.82, 2.24) is 10.2 Å². The normalized spacial score (nSPS) is 11.7. The summed E-state index contributed by atoms with van der Waals surface area (Å²) in [5.74, 6) is -0.161. The zero-order chi connectivity index (χ0) is 20.5. The lowest BCUT2D eigenvalue weighted by Crippen LogP contribution is -2.49. The largest absolute Gasteiger partial charge is 0.354 e. The van der Waals surface area contributed by atoms with Gasteiger partial charge in [-0.2, -0.15) is 0 Å². The van der Waals surface area contributed by atoms with Gasteiger partial charge in [0.2, 0.25) is 11.8 Å². The quantitative estimate of drug-likeness (QED) is 0.672. The number of rotatable bonds is 9. The van der Waals surface area contributed by atoms with Crippen molar-refractivity contribution >= 4 is 23.4 Å². The van der Waals surface area contributed by atoms with Crippen LogP contribution in [0.2, 0.25) is 5.02 Å². The topological polar surface area (TPSA) is 49.4 Å². The van der Waals surface area contributed by atoms with Gasteiger partial charge in [0.1, 0.15) is 6.04 Å². The van der Waals surface area contributed by atoms with Gasteiger partial charge >= 0.3 is 0 Å². The van der Waals surface area contributed by atoms with Gasteiger partial charge in [0, 0.05) is 18.1 Å². The summed E-state index contributed by atoms with van der Waals surface area (Å²) < 4.78 is 0. The standard InChI is InChI=1S/C23H29ClN2O2/c1-4-14-25-23(28)21(5-2)26(16-19-9-7-6-8-17(19)3)22(27)15-18-10-12-20(24)13-11-18/h6-13,21H,4-5,14-16H2,1-3H3,(H,25,28)/t21-/m1/s1. The van der Waals surface area contributed by atoms with E-state index in [0.29, 0.717) is 24.5 Å². The van der Waals surface area contributed by atoms with Gasteiger partial charge in [-0.15, -0.1) is 0 Å². The van der Waals surface area contributed by atoms with E-state index in [-0.39, 0.29) is 18.2 Å². The minimum Gasteiger partial charge on any atom is -0.354 e. The van der Waals surface area contributed by atoms with Crippen molar-refractivity contribution in [2.45, 2.75) is 52.6 Å². The smallest absolute Gasteiger partial charge is 0.242 e. The molecule has 5 heteroatoms. The van der Waals surface area contributed by atoms with Crippen LogP contribution in [0.1, 0.15) is 43.4 Å². The van der Waals surface area contributed by atoms with Crippen LogP contribution < -0.4 is 5.32 Å². The molecule has 0 aliphatic rings. The number of hydrogen-bond acceptors (Lipinski definition) is 2. The molecule has 2 aromatic rings. The number of carbonyl (C=O) groups excluding carboxylic acids is 2. The molecule has 0 aromatic heterocycles. The molecule has 2 amide bonds. The molecule has 28 heavy (non-hydrogen) atoms. The molecule has 150 valence electrons. The van der Waals surface area contributed by atoms with Crippen LogP contribution >= 0.6 is 11.6 Å². The molecular formula is C23H29ClN2O2. The number of hydrogen-bond donors (Lipinski definition) is 1. The van der Waals surface area contributed by atoms with E-state index in [0.717, 1.165) is 23.1 Å². The fourth-order valence-corrected chi connectivity index (χ4v) is 3.26. The molecule has 0 radical (unpaired) electrons. The van der Waals surface area contributed by atoms with Gasteiger partial charge in [-0.1, -0.05) is 61.8 Å². The van der Waals surface area contributed by atoms with Gasteiger partial charge in [-0.05, 0) is 48.6 Å². The second-order valence-corrected chi connectivity index (χ2v) is 7.40. The Morgan fingerprint density at radius 2 is 1.75 bits per heavy atom. The average molecular weight is 401 g/mol. The fraction of sp³-hybridized carbons (Fsp3) is 0.391. The molecule has 0 unspecified atom stereocenters. The van der Waals surface area contributed by atoms with Crippen molar-refractivity contribution in [1.29, 1.82) is 0 Å². The van der Waals surface area contributed by atoms with Crippen LogP contribution in [0.4, 0.5) is 0 Å². The molecular weight excluding hydrogens is 372 g/mol. The highest BCUT2D eigenvalue weighted by atomic mass is 35.5. The first kappa shape index (κ1) is 22.0. The molecule has 1 N–H and O–H groups in total. The maximum Gasteiger partial charge on any atom is 0.242 e. The molecule has 1 atom stereocenters. The summed E-state index contributed by atoms with van der Waals surface area (Å²) in [6.07, 6.45) is 1.66. The lowest BCUT2D eigenvalue weighted by Gasteiger charge is -2.31. The van der Waals surface area contributed by atoms with Crippen molar-refractivity contribution in [3.8, 4) is 0 Å². The van der Waals surface area contributed by atoms with E-state index in [9.17, 15) is 9.59 Å². The molecule has 0 bridgehead atoms. The van der Waals surface area contributed by atoms with Crippen LogP contribution in [-0.2, 0) is 22.6 Å². The second kappa shape index (κ2) is 10.9. The minimum atomic E-state index is -0.494. The third-order valence-electron chi connectivity index (χ3n) is 4.81. The highest BCUT2D eigenvalue weighted by Gasteiger charge is 2.28. The van der Waals surface area contributed by atoms with Gasteiger partial charge in [0.25, 0.3) is 0 Å². The molecule has 2 aromatic carbocycles. The predicted molar refractivity (Wildman–Crippen MR) is 114 cm³/mol. The van der Waals surface area contributed by atoms with Crippen molar-refractivity contribution in [2.75, 3.05) is 6.54 Å². The molecule has 0 fully saturated rings. The van der Waals surface area contributed by atoms with Crippen LogP contribution in [-0.4, -0.2) is 29.3 Å². The van der Waals surface area contributed by atoms with E-state index in [2.05, 4.69) is 5.32 Å². The Labute approximate surface area is 172 Å². The molecule has 0 aliphatic heterocycles. The Morgan fingerprint density at radius 3 is 2.36 bits per heavy atom. The molecule has 0 aliphatic carbocycles. The summed E-state index contributed by atoms with van der Waals surface area (Å²) in [5, 5.41) is 3.58. The predicted octanol–water partition coefficient (Wildman–Crippen LogP) is 4.52. The van der Waals surface area contributed by atoms with E-state index >= 15 is 0 Å². The van der Waals surface area contributed by atoms with E-state index in [1.54, 1.807) is 17.0 Å². The van der Waals surface area contributed by atoms with E-state index < -0.39 is 6.04 Å². The Morgan fingerprint density at radius 1 is 1.07 bits per heavy atom. The Hall–Kier alpha value is -2.33. The van der Waals surface area contributed by atoms with Crippen LogP contribution in [0.5, 0.6) is 0 Å². The summed E-state index contributed by atoms with van der Waals surface area (Å²) in [7, 11) is 0. The number of halogens is 1. The van der Waals surface area contributed by atoms with Crippen molar-refractivity contribution in [3.63, 3.8) is 0 Å². The maximum atomic E-state index is 13.2. The molecule has 0 spiro atoms. The zero-order valence-electron chi connectivity index (χ0n) is 16.9. The maximum absolute atomic E-state index is 13.2. The Kier molecular flexibility index (Phi) is 8.52. The molecule has 2 rings (SSSR count). The summed E-state index contributed by atoms with van der Waals surface area (Å²) >= 11 is 5.95. The summed E-state index contributed by atoms with van der Waals surface area (Å²) in [4.78, 5) is 27.6. The molecule has 0 heterocycles. The highest BCUT2D eigenvalue weighted by Crippen LogP contribution is 2.18. The van der Waals surface area contributed by atoms with Crippen molar-refractivity contribution in [2.24, 2.45) is 0 Å². The first-order valence-corrected chi connectivity index (χ1v) is 10.2. The second-order valence-electron chi connectivity index (χ2n) is 6.97. The van der Waals surface area contributed by atoms with E-state index in [4.69, 9.17) is 11.6 Å². The lowest BCUT2D eigenvalue weighted by molar-refractivity contribution is -0.140. The first-order chi connectivity index (χ1) is 13.5. The van der Waals surface area contributed by atoms with E-state index in [1.807, 2.05) is 57.2 Å². The summed E-state index contributed by atoms with van der Waals surface area (Å²) in [6.45, 7) is 7.00. The molecule has 4 nitrogen and oxygen atoms in total. The highest BCUT2D eigenvalue weighted by molar-refractivity contribution is 6.30. The number of benzene rings is 2. The Bertz CT molecular complexity index is 789. The number of nitrogens with zero attached hydrogens (tertiary/aromatic N) is 1. The van der Waals surface area contributed by atoms with Gasteiger partial charge in [-0.25, -0.2) is 0 Å². The molecule has 0 saturated carbocycles. The van der Waals surface area contributed by atoms with Crippen molar-refractivity contribution < 1.29 is 9.59 Å². The number of carbonyl (C=O) groups is 2. The van der Waals surface area contributed by atoms with Gasteiger partial charge in [-0.3, -0.25) is 9.59 Å². The number of nitrogens with one attached hydrogen (secondary N) is 1.